The van der Waals surface area contributed by atoms with Crippen molar-refractivity contribution in [3.8, 4) is 5.75 Å². The monoisotopic (exact) mass is 368 g/mol. The number of amides is 1. The average Bonchev–Trinajstić information content (AvgIpc) is 2.67. The summed E-state index contributed by atoms with van der Waals surface area (Å²) < 4.78 is 5.22. The lowest BCUT2D eigenvalue weighted by atomic mass is 9.97. The quantitative estimate of drug-likeness (QED) is 0.663. The molecule has 0 aromatic heterocycles. The highest BCUT2D eigenvalue weighted by molar-refractivity contribution is 5.94. The van der Waals surface area contributed by atoms with Gasteiger partial charge in [0.05, 0.1) is 13.2 Å². The fourth-order valence-corrected chi connectivity index (χ4v) is 2.70. The van der Waals surface area contributed by atoms with Gasteiger partial charge >= 0.3 is 0 Å². The molecule has 0 bridgehead atoms. The molecule has 3 aromatic rings. The van der Waals surface area contributed by atoms with Gasteiger partial charge in [-0.15, -0.1) is 12.4 Å². The van der Waals surface area contributed by atoms with Gasteiger partial charge in [-0.2, -0.15) is 0 Å². The van der Waals surface area contributed by atoms with Gasteiger partial charge in [0.15, 0.2) is 0 Å². The van der Waals surface area contributed by atoms with E-state index in [2.05, 4.69) is 5.32 Å². The standard InChI is InChI=1S/C21H20N2O2.ClH/c1-25-19-12-10-15(11-13-19)20(17-8-5-9-18(22)14-17)23-21(24)16-6-3-2-4-7-16;/h2-14,20H,22H2,1H3,(H,23,24);1H. The maximum atomic E-state index is 12.6. The van der Waals surface area contributed by atoms with Gasteiger partial charge in [0.25, 0.3) is 5.91 Å². The maximum Gasteiger partial charge on any atom is 0.252 e. The Morgan fingerprint density at radius 3 is 2.23 bits per heavy atom. The Bertz CT molecular complexity index is 851. The second kappa shape index (κ2) is 8.92. The molecule has 1 unspecified atom stereocenters. The Balaban J connectivity index is 0.00000243. The first-order chi connectivity index (χ1) is 12.2. The van der Waals surface area contributed by atoms with E-state index in [-0.39, 0.29) is 24.4 Å². The number of carbonyl (C=O) groups is 1. The molecule has 1 atom stereocenters. The van der Waals surface area contributed by atoms with E-state index < -0.39 is 0 Å². The summed E-state index contributed by atoms with van der Waals surface area (Å²) >= 11 is 0. The zero-order valence-electron chi connectivity index (χ0n) is 14.4. The number of halogens is 1. The number of nitrogens with two attached hydrogens (primary N) is 1. The SMILES string of the molecule is COc1ccc(C(NC(=O)c2ccccc2)c2cccc(N)c2)cc1.Cl. The molecule has 0 spiro atoms. The molecule has 4 nitrogen and oxygen atoms in total. The van der Waals surface area contributed by atoms with Gasteiger partial charge in [-0.25, -0.2) is 0 Å². The van der Waals surface area contributed by atoms with Crippen LogP contribution >= 0.6 is 12.4 Å². The van der Waals surface area contributed by atoms with Crippen LogP contribution in [0.3, 0.4) is 0 Å². The Hall–Kier alpha value is -2.98. The first-order valence-corrected chi connectivity index (χ1v) is 8.02. The summed E-state index contributed by atoms with van der Waals surface area (Å²) in [4.78, 5) is 12.6. The highest BCUT2D eigenvalue weighted by Gasteiger charge is 2.18. The average molecular weight is 369 g/mol. The molecule has 3 aromatic carbocycles. The summed E-state index contributed by atoms with van der Waals surface area (Å²) in [5, 5.41) is 3.10. The van der Waals surface area contributed by atoms with E-state index in [4.69, 9.17) is 10.5 Å². The van der Waals surface area contributed by atoms with E-state index in [1.165, 1.54) is 0 Å². The van der Waals surface area contributed by atoms with Crippen molar-refractivity contribution in [2.24, 2.45) is 0 Å². The summed E-state index contributed by atoms with van der Waals surface area (Å²) in [7, 11) is 1.63. The van der Waals surface area contributed by atoms with Gasteiger partial charge in [0, 0.05) is 11.3 Å². The summed E-state index contributed by atoms with van der Waals surface area (Å²) in [6.07, 6.45) is 0. The minimum atomic E-state index is -0.304. The number of anilines is 1. The van der Waals surface area contributed by atoms with Crippen molar-refractivity contribution in [3.05, 3.63) is 95.6 Å². The van der Waals surface area contributed by atoms with Crippen LogP contribution in [0.1, 0.15) is 27.5 Å². The van der Waals surface area contributed by atoms with Crippen LogP contribution in [-0.2, 0) is 0 Å². The van der Waals surface area contributed by atoms with Crippen LogP contribution in [0, 0.1) is 0 Å². The Kier molecular flexibility index (Phi) is 6.64. The predicted octanol–water partition coefficient (Wildman–Crippen LogP) is 4.22. The van der Waals surface area contributed by atoms with Crippen LogP contribution in [-0.4, -0.2) is 13.0 Å². The normalized spacial score (nSPS) is 11.1. The van der Waals surface area contributed by atoms with Gasteiger partial charge in [-0.05, 0) is 47.5 Å². The van der Waals surface area contributed by atoms with E-state index in [9.17, 15) is 4.79 Å². The predicted molar refractivity (Wildman–Crippen MR) is 107 cm³/mol. The minimum absolute atomic E-state index is 0. The van der Waals surface area contributed by atoms with Crippen molar-refractivity contribution in [2.45, 2.75) is 6.04 Å². The van der Waals surface area contributed by atoms with E-state index in [0.717, 1.165) is 16.9 Å². The lowest BCUT2D eigenvalue weighted by Gasteiger charge is -2.20. The molecule has 0 heterocycles. The summed E-state index contributed by atoms with van der Waals surface area (Å²) in [5.74, 6) is 0.633. The smallest absolute Gasteiger partial charge is 0.252 e. The number of hydrogen-bond acceptors (Lipinski definition) is 3. The van der Waals surface area contributed by atoms with Gasteiger partial charge in [-0.1, -0.05) is 42.5 Å². The first kappa shape index (κ1) is 19.3. The molecule has 0 aliphatic heterocycles. The molecule has 3 rings (SSSR count). The molecule has 5 heteroatoms. The van der Waals surface area contributed by atoms with E-state index in [0.29, 0.717) is 11.3 Å². The topological polar surface area (TPSA) is 64.3 Å². The zero-order valence-corrected chi connectivity index (χ0v) is 15.2. The lowest BCUT2D eigenvalue weighted by molar-refractivity contribution is 0.0943. The third-order valence-electron chi connectivity index (χ3n) is 4.00. The molecule has 0 saturated carbocycles. The molecule has 0 aliphatic carbocycles. The molecule has 3 N–H and O–H groups in total. The van der Waals surface area contributed by atoms with E-state index in [1.807, 2.05) is 66.7 Å². The van der Waals surface area contributed by atoms with Crippen LogP contribution in [0.15, 0.2) is 78.9 Å². The fourth-order valence-electron chi connectivity index (χ4n) is 2.70. The molecule has 0 radical (unpaired) electrons. The number of rotatable bonds is 5. The van der Waals surface area contributed by atoms with Crippen LogP contribution in [0.4, 0.5) is 5.69 Å². The molecular weight excluding hydrogens is 348 g/mol. The molecule has 26 heavy (non-hydrogen) atoms. The number of methoxy groups -OCH3 is 1. The Morgan fingerprint density at radius 1 is 0.923 bits per heavy atom. The summed E-state index contributed by atoms with van der Waals surface area (Å²) in [6.45, 7) is 0. The summed E-state index contributed by atoms with van der Waals surface area (Å²) in [5.41, 5.74) is 9.08. The van der Waals surface area contributed by atoms with E-state index >= 15 is 0 Å². The number of hydrogen-bond donors (Lipinski definition) is 2. The second-order valence-electron chi connectivity index (χ2n) is 5.72. The van der Waals surface area contributed by atoms with Crippen LogP contribution < -0.4 is 15.8 Å². The summed E-state index contributed by atoms with van der Waals surface area (Å²) in [6, 6.07) is 24.0. The van der Waals surface area contributed by atoms with E-state index in [1.54, 1.807) is 19.2 Å². The number of nitrogens with one attached hydrogen (secondary N) is 1. The maximum absolute atomic E-state index is 12.6. The fraction of sp³-hybridized carbons (Fsp3) is 0.0952. The van der Waals surface area contributed by atoms with Gasteiger partial charge in [-0.3, -0.25) is 4.79 Å². The molecule has 0 saturated heterocycles. The molecule has 134 valence electrons. The van der Waals surface area contributed by atoms with Crippen LogP contribution in [0.25, 0.3) is 0 Å². The number of ether oxygens (including phenoxy) is 1. The molecule has 0 aliphatic rings. The van der Waals surface area contributed by atoms with Crippen molar-refractivity contribution in [3.63, 3.8) is 0 Å². The molecular formula is C21H21ClN2O2. The number of benzene rings is 3. The zero-order chi connectivity index (χ0) is 17.6. The van der Waals surface area contributed by atoms with Crippen molar-refractivity contribution in [1.29, 1.82) is 0 Å². The first-order valence-electron chi connectivity index (χ1n) is 8.02. The molecule has 0 fully saturated rings. The van der Waals surface area contributed by atoms with Gasteiger partial charge < -0.3 is 15.8 Å². The van der Waals surface area contributed by atoms with Crippen molar-refractivity contribution in [1.82, 2.24) is 5.32 Å². The highest BCUT2D eigenvalue weighted by atomic mass is 35.5. The van der Waals surface area contributed by atoms with Crippen molar-refractivity contribution >= 4 is 24.0 Å². The van der Waals surface area contributed by atoms with Crippen molar-refractivity contribution in [2.75, 3.05) is 12.8 Å². The van der Waals surface area contributed by atoms with Crippen LogP contribution in [0.2, 0.25) is 0 Å². The highest BCUT2D eigenvalue weighted by Crippen LogP contribution is 2.26. The van der Waals surface area contributed by atoms with Crippen molar-refractivity contribution < 1.29 is 9.53 Å². The lowest BCUT2D eigenvalue weighted by Crippen LogP contribution is -2.29. The number of nitrogen functional groups attached to an aromatic ring is 1. The van der Waals surface area contributed by atoms with Crippen LogP contribution in [0.5, 0.6) is 5.75 Å². The third kappa shape index (κ3) is 4.55. The Morgan fingerprint density at radius 2 is 1.62 bits per heavy atom. The third-order valence-corrected chi connectivity index (χ3v) is 4.00. The van der Waals surface area contributed by atoms with Gasteiger partial charge in [0.2, 0.25) is 0 Å². The largest absolute Gasteiger partial charge is 0.497 e. The second-order valence-corrected chi connectivity index (χ2v) is 5.72. The minimum Gasteiger partial charge on any atom is -0.497 e. The molecule has 1 amide bonds. The number of carbonyl (C=O) groups excluding carboxylic acids is 1. The Labute approximate surface area is 159 Å². The van der Waals surface area contributed by atoms with Gasteiger partial charge in [0.1, 0.15) is 5.75 Å².